The predicted octanol–water partition coefficient (Wildman–Crippen LogP) is 5.21. The minimum Gasteiger partial charge on any atom is -0.481 e. The van der Waals surface area contributed by atoms with Crippen molar-refractivity contribution in [2.45, 2.75) is 26.4 Å². The van der Waals surface area contributed by atoms with Crippen LogP contribution in [0.1, 0.15) is 18.9 Å². The summed E-state index contributed by atoms with van der Waals surface area (Å²) in [5.74, 6) is 0.408. The van der Waals surface area contributed by atoms with Crippen molar-refractivity contribution in [1.29, 1.82) is 0 Å². The zero-order valence-electron chi connectivity index (χ0n) is 12.4. The number of hydrogen-bond acceptors (Lipinski definition) is 2. The number of ether oxygens (including phenoxy) is 1. The number of aryl methyl sites for hydroxylation is 1. The Morgan fingerprint density at radius 3 is 2.73 bits per heavy atom. The lowest BCUT2D eigenvalue weighted by atomic mass is 10.2. The molecule has 0 saturated carbocycles. The van der Waals surface area contributed by atoms with Crippen molar-refractivity contribution in [3.63, 3.8) is 0 Å². The first-order chi connectivity index (χ1) is 10.5. The molecule has 0 fully saturated rings. The molecule has 0 spiro atoms. The first kappa shape index (κ1) is 16.8. The van der Waals surface area contributed by atoms with E-state index >= 15 is 0 Å². The Hall–Kier alpha value is -1.52. The van der Waals surface area contributed by atoms with Gasteiger partial charge in [0, 0.05) is 15.2 Å². The fourth-order valence-electron chi connectivity index (χ4n) is 1.97. The number of carbonyl (C=O) groups is 1. The highest BCUT2D eigenvalue weighted by Crippen LogP contribution is 2.22. The zero-order valence-corrected chi connectivity index (χ0v) is 14.7. The van der Waals surface area contributed by atoms with Crippen molar-refractivity contribution in [3.05, 3.63) is 57.5 Å². The molecule has 1 N–H and O–H groups in total. The van der Waals surface area contributed by atoms with Gasteiger partial charge in [-0.05, 0) is 55.3 Å². The Balaban J connectivity index is 2.06. The Labute approximate surface area is 143 Å². The molecule has 1 atom stereocenters. The van der Waals surface area contributed by atoms with Gasteiger partial charge in [0.05, 0.1) is 0 Å². The standard InChI is InChI=1S/C17H17BrClNO2/c1-3-16(22-14-6-4-5-12(19)10-14)17(21)20-13-7-8-15(18)11(2)9-13/h4-10,16H,3H2,1-2H3,(H,20,21)/t16-/m0/s1. The van der Waals surface area contributed by atoms with Gasteiger partial charge >= 0.3 is 0 Å². The molecule has 0 aliphatic carbocycles. The molecular weight excluding hydrogens is 366 g/mol. The van der Waals surface area contributed by atoms with Crippen molar-refractivity contribution in [2.75, 3.05) is 5.32 Å². The first-order valence-corrected chi connectivity index (χ1v) is 8.16. The van der Waals surface area contributed by atoms with Crippen LogP contribution in [-0.4, -0.2) is 12.0 Å². The third-order valence-electron chi connectivity index (χ3n) is 3.16. The third-order valence-corrected chi connectivity index (χ3v) is 4.29. The summed E-state index contributed by atoms with van der Waals surface area (Å²) in [5, 5.41) is 3.46. The summed E-state index contributed by atoms with van der Waals surface area (Å²) in [6.45, 7) is 3.88. The molecule has 0 saturated heterocycles. The SMILES string of the molecule is CC[C@H](Oc1cccc(Cl)c1)C(=O)Nc1ccc(Br)c(C)c1. The molecular formula is C17H17BrClNO2. The molecule has 0 aliphatic heterocycles. The number of benzene rings is 2. The Morgan fingerprint density at radius 1 is 1.32 bits per heavy atom. The maximum absolute atomic E-state index is 12.3. The molecule has 0 radical (unpaired) electrons. The number of carbonyl (C=O) groups excluding carboxylic acids is 1. The highest BCUT2D eigenvalue weighted by Gasteiger charge is 2.18. The molecule has 2 rings (SSSR count). The quantitative estimate of drug-likeness (QED) is 0.771. The van der Waals surface area contributed by atoms with Crippen LogP contribution < -0.4 is 10.1 Å². The summed E-state index contributed by atoms with van der Waals surface area (Å²) in [4.78, 5) is 12.3. The molecule has 116 valence electrons. The lowest BCUT2D eigenvalue weighted by Crippen LogP contribution is -2.32. The van der Waals surface area contributed by atoms with Crippen LogP contribution in [0.4, 0.5) is 5.69 Å². The van der Waals surface area contributed by atoms with Crippen LogP contribution in [0.25, 0.3) is 0 Å². The average Bonchev–Trinajstić information content (AvgIpc) is 2.48. The summed E-state index contributed by atoms with van der Waals surface area (Å²) >= 11 is 9.37. The van der Waals surface area contributed by atoms with Gasteiger partial charge in [-0.1, -0.05) is 40.5 Å². The van der Waals surface area contributed by atoms with Gasteiger partial charge in [0.1, 0.15) is 5.75 Å². The summed E-state index contributed by atoms with van der Waals surface area (Å²) in [6, 6.07) is 12.7. The predicted molar refractivity (Wildman–Crippen MR) is 93.7 cm³/mol. The average molecular weight is 383 g/mol. The molecule has 5 heteroatoms. The van der Waals surface area contributed by atoms with E-state index in [4.69, 9.17) is 16.3 Å². The number of hydrogen-bond donors (Lipinski definition) is 1. The zero-order chi connectivity index (χ0) is 16.1. The largest absolute Gasteiger partial charge is 0.481 e. The van der Waals surface area contributed by atoms with E-state index in [1.807, 2.05) is 32.0 Å². The van der Waals surface area contributed by atoms with E-state index in [9.17, 15) is 4.79 Å². The van der Waals surface area contributed by atoms with Gasteiger partial charge in [-0.25, -0.2) is 0 Å². The van der Waals surface area contributed by atoms with Crippen molar-refractivity contribution in [2.24, 2.45) is 0 Å². The minimum absolute atomic E-state index is 0.177. The minimum atomic E-state index is -0.567. The van der Waals surface area contributed by atoms with Crippen LogP contribution in [0.3, 0.4) is 0 Å². The van der Waals surface area contributed by atoms with Gasteiger partial charge < -0.3 is 10.1 Å². The van der Waals surface area contributed by atoms with E-state index in [0.29, 0.717) is 17.2 Å². The smallest absolute Gasteiger partial charge is 0.265 e. The molecule has 0 heterocycles. The second-order valence-corrected chi connectivity index (χ2v) is 6.22. The Morgan fingerprint density at radius 2 is 2.09 bits per heavy atom. The monoisotopic (exact) mass is 381 g/mol. The van der Waals surface area contributed by atoms with Crippen molar-refractivity contribution >= 4 is 39.1 Å². The maximum Gasteiger partial charge on any atom is 0.265 e. The summed E-state index contributed by atoms with van der Waals surface area (Å²) in [6.07, 6.45) is -0.00385. The molecule has 0 aliphatic rings. The molecule has 2 aromatic carbocycles. The van der Waals surface area contributed by atoms with Gasteiger partial charge in [0.2, 0.25) is 0 Å². The van der Waals surface area contributed by atoms with Crippen LogP contribution in [0.5, 0.6) is 5.75 Å². The maximum atomic E-state index is 12.3. The van der Waals surface area contributed by atoms with Gasteiger partial charge in [0.25, 0.3) is 5.91 Å². The van der Waals surface area contributed by atoms with Crippen LogP contribution in [0, 0.1) is 6.92 Å². The molecule has 0 aromatic heterocycles. The molecule has 0 bridgehead atoms. The molecule has 22 heavy (non-hydrogen) atoms. The van der Waals surface area contributed by atoms with Crippen LogP contribution in [0.15, 0.2) is 46.9 Å². The molecule has 1 amide bonds. The van der Waals surface area contributed by atoms with Crippen molar-refractivity contribution < 1.29 is 9.53 Å². The number of nitrogens with one attached hydrogen (secondary N) is 1. The fraction of sp³-hybridized carbons (Fsp3) is 0.235. The first-order valence-electron chi connectivity index (χ1n) is 6.99. The van der Waals surface area contributed by atoms with E-state index in [1.165, 1.54) is 0 Å². The third kappa shape index (κ3) is 4.49. The Kier molecular flexibility index (Phi) is 5.86. The van der Waals surface area contributed by atoms with Gasteiger partial charge in [-0.15, -0.1) is 0 Å². The number of halogens is 2. The number of anilines is 1. The normalized spacial score (nSPS) is 11.8. The highest BCUT2D eigenvalue weighted by atomic mass is 79.9. The van der Waals surface area contributed by atoms with E-state index in [0.717, 1.165) is 15.7 Å². The molecule has 3 nitrogen and oxygen atoms in total. The number of amides is 1. The van der Waals surface area contributed by atoms with Crippen LogP contribution >= 0.6 is 27.5 Å². The van der Waals surface area contributed by atoms with Gasteiger partial charge in [-0.3, -0.25) is 4.79 Å². The van der Waals surface area contributed by atoms with Crippen LogP contribution in [-0.2, 0) is 4.79 Å². The summed E-state index contributed by atoms with van der Waals surface area (Å²) in [7, 11) is 0. The molecule has 2 aromatic rings. The Bertz CT molecular complexity index is 675. The second kappa shape index (κ2) is 7.65. The van der Waals surface area contributed by atoms with E-state index in [2.05, 4.69) is 21.2 Å². The second-order valence-electron chi connectivity index (χ2n) is 4.93. The topological polar surface area (TPSA) is 38.3 Å². The number of rotatable bonds is 5. The summed E-state index contributed by atoms with van der Waals surface area (Å²) in [5.41, 5.74) is 1.81. The van der Waals surface area contributed by atoms with Gasteiger partial charge in [0.15, 0.2) is 6.10 Å². The van der Waals surface area contributed by atoms with Crippen molar-refractivity contribution in [1.82, 2.24) is 0 Å². The lowest BCUT2D eigenvalue weighted by Gasteiger charge is -2.17. The van der Waals surface area contributed by atoms with Gasteiger partial charge in [-0.2, -0.15) is 0 Å². The van der Waals surface area contributed by atoms with Crippen molar-refractivity contribution in [3.8, 4) is 5.75 Å². The van der Waals surface area contributed by atoms with E-state index in [-0.39, 0.29) is 5.91 Å². The highest BCUT2D eigenvalue weighted by molar-refractivity contribution is 9.10. The van der Waals surface area contributed by atoms with E-state index in [1.54, 1.807) is 24.3 Å². The fourth-order valence-corrected chi connectivity index (χ4v) is 2.40. The van der Waals surface area contributed by atoms with Crippen LogP contribution in [0.2, 0.25) is 5.02 Å². The van der Waals surface area contributed by atoms with E-state index < -0.39 is 6.10 Å². The molecule has 0 unspecified atom stereocenters. The summed E-state index contributed by atoms with van der Waals surface area (Å²) < 4.78 is 6.73. The lowest BCUT2D eigenvalue weighted by molar-refractivity contribution is -0.122.